The maximum Gasteiger partial charge on any atom is 0.320 e. The molecule has 2 N–H and O–H groups in total. The quantitative estimate of drug-likeness (QED) is 0.793. The van der Waals surface area contributed by atoms with Crippen molar-refractivity contribution in [2.75, 3.05) is 19.6 Å². The number of piperidine rings is 3. The molecule has 3 heterocycles. The number of carbonyl (C=O) groups is 1. The summed E-state index contributed by atoms with van der Waals surface area (Å²) in [6, 6.07) is 0.427. The molecule has 4 atom stereocenters. The Morgan fingerprint density at radius 1 is 1.37 bits per heavy atom. The number of nitrogens with zero attached hydrogens (tertiary/aromatic N) is 1. The summed E-state index contributed by atoms with van der Waals surface area (Å²) in [7, 11) is 0. The maximum absolute atomic E-state index is 11.3. The van der Waals surface area contributed by atoms with E-state index in [0.717, 1.165) is 30.8 Å². The van der Waals surface area contributed by atoms with Gasteiger partial charge in [0.25, 0.3) is 0 Å². The van der Waals surface area contributed by atoms with E-state index in [4.69, 9.17) is 0 Å². The third-order valence-electron chi connectivity index (χ3n) is 5.64. The molecule has 0 aromatic heterocycles. The molecule has 1 saturated carbocycles. The van der Waals surface area contributed by atoms with Gasteiger partial charge in [0.2, 0.25) is 0 Å². The minimum Gasteiger partial charge on any atom is -0.480 e. The van der Waals surface area contributed by atoms with Crippen molar-refractivity contribution in [1.82, 2.24) is 10.2 Å². The van der Waals surface area contributed by atoms with Crippen molar-refractivity contribution >= 4 is 5.97 Å². The molecule has 2 bridgehead atoms. The van der Waals surface area contributed by atoms with Crippen LogP contribution in [-0.2, 0) is 4.79 Å². The number of nitrogens with one attached hydrogen (secondary N) is 1. The third kappa shape index (κ3) is 2.52. The van der Waals surface area contributed by atoms with Gasteiger partial charge in [0, 0.05) is 6.04 Å². The Labute approximate surface area is 115 Å². The Morgan fingerprint density at radius 3 is 2.68 bits per heavy atom. The van der Waals surface area contributed by atoms with Gasteiger partial charge < -0.3 is 15.3 Å². The van der Waals surface area contributed by atoms with Crippen LogP contribution in [-0.4, -0.2) is 47.7 Å². The lowest BCUT2D eigenvalue weighted by Crippen LogP contribution is -2.52. The summed E-state index contributed by atoms with van der Waals surface area (Å²) in [6.45, 7) is 5.30. The van der Waals surface area contributed by atoms with E-state index >= 15 is 0 Å². The molecule has 4 fully saturated rings. The highest BCUT2D eigenvalue weighted by Crippen LogP contribution is 2.48. The average Bonchev–Trinajstić information content (AvgIpc) is 2.85. The van der Waals surface area contributed by atoms with Crippen molar-refractivity contribution in [2.45, 2.75) is 51.1 Å². The fourth-order valence-corrected chi connectivity index (χ4v) is 4.80. The van der Waals surface area contributed by atoms with Crippen LogP contribution >= 0.6 is 0 Å². The number of aliphatic carboxylic acids is 1. The number of hydrogen-bond donors (Lipinski definition) is 2. The second-order valence-electron chi connectivity index (χ2n) is 6.63. The van der Waals surface area contributed by atoms with Crippen molar-refractivity contribution in [2.24, 2.45) is 17.8 Å². The van der Waals surface area contributed by atoms with Crippen LogP contribution in [0.5, 0.6) is 0 Å². The highest BCUT2D eigenvalue weighted by atomic mass is 16.4. The number of carboxylic acids is 1. The number of likely N-dealkylation sites (N-methyl/N-ethyl adjacent to an activating group) is 1. The zero-order chi connectivity index (χ0) is 13.4. The minimum absolute atomic E-state index is 0.345. The van der Waals surface area contributed by atoms with Crippen molar-refractivity contribution < 1.29 is 9.90 Å². The lowest BCUT2D eigenvalue weighted by atomic mass is 9.75. The molecule has 3 aliphatic heterocycles. The molecular formula is C15H26N2O2. The predicted molar refractivity (Wildman–Crippen MR) is 74.0 cm³/mol. The van der Waals surface area contributed by atoms with Gasteiger partial charge in [-0.1, -0.05) is 6.92 Å². The number of rotatable bonds is 5. The first-order valence-corrected chi connectivity index (χ1v) is 7.89. The van der Waals surface area contributed by atoms with Crippen molar-refractivity contribution in [1.29, 1.82) is 0 Å². The Bertz CT molecular complexity index is 319. The summed E-state index contributed by atoms with van der Waals surface area (Å²) in [5.41, 5.74) is 0. The molecule has 0 aromatic rings. The first-order valence-electron chi connectivity index (χ1n) is 7.89. The largest absolute Gasteiger partial charge is 0.480 e. The van der Waals surface area contributed by atoms with Gasteiger partial charge in [0.05, 0.1) is 0 Å². The zero-order valence-electron chi connectivity index (χ0n) is 11.8. The van der Waals surface area contributed by atoms with Crippen molar-refractivity contribution in [3.05, 3.63) is 0 Å². The normalized spacial score (nSPS) is 42.1. The predicted octanol–water partition coefficient (Wildman–Crippen LogP) is 1.56. The first kappa shape index (κ1) is 13.4. The molecule has 4 unspecified atom stereocenters. The molecule has 3 saturated heterocycles. The second-order valence-corrected chi connectivity index (χ2v) is 6.63. The molecular weight excluding hydrogens is 240 g/mol. The average molecular weight is 266 g/mol. The van der Waals surface area contributed by atoms with Crippen molar-refractivity contribution in [3.63, 3.8) is 0 Å². The molecule has 0 radical (unpaired) electrons. The zero-order valence-corrected chi connectivity index (χ0v) is 11.8. The van der Waals surface area contributed by atoms with Crippen LogP contribution in [0.4, 0.5) is 0 Å². The molecule has 0 spiro atoms. The van der Waals surface area contributed by atoms with E-state index in [9.17, 15) is 9.90 Å². The highest BCUT2D eigenvalue weighted by Gasteiger charge is 2.47. The lowest BCUT2D eigenvalue weighted by molar-refractivity contribution is -0.139. The van der Waals surface area contributed by atoms with E-state index in [2.05, 4.69) is 10.2 Å². The molecule has 4 aliphatic rings. The number of carboxylic acid groups (broad SMARTS) is 1. The Kier molecular flexibility index (Phi) is 3.81. The van der Waals surface area contributed by atoms with Gasteiger partial charge in [-0.2, -0.15) is 0 Å². The summed E-state index contributed by atoms with van der Waals surface area (Å²) in [5.74, 6) is 1.72. The van der Waals surface area contributed by atoms with Crippen molar-refractivity contribution in [3.8, 4) is 0 Å². The molecule has 1 aliphatic carbocycles. The van der Waals surface area contributed by atoms with E-state index in [1.165, 1.54) is 38.8 Å². The first-order chi connectivity index (χ1) is 9.19. The van der Waals surface area contributed by atoms with Crippen LogP contribution in [0.2, 0.25) is 0 Å². The fraction of sp³-hybridized carbons (Fsp3) is 0.933. The molecule has 0 amide bonds. The van der Waals surface area contributed by atoms with E-state index in [1.54, 1.807) is 0 Å². The van der Waals surface area contributed by atoms with Gasteiger partial charge >= 0.3 is 5.97 Å². The summed E-state index contributed by atoms with van der Waals surface area (Å²) in [4.78, 5) is 13.9. The molecule has 19 heavy (non-hydrogen) atoms. The van der Waals surface area contributed by atoms with E-state index in [1.807, 2.05) is 6.92 Å². The Balaban J connectivity index is 1.61. The van der Waals surface area contributed by atoms with Gasteiger partial charge in [0.1, 0.15) is 6.04 Å². The summed E-state index contributed by atoms with van der Waals surface area (Å²) >= 11 is 0. The Morgan fingerprint density at radius 2 is 2.11 bits per heavy atom. The van der Waals surface area contributed by atoms with Crippen LogP contribution in [0.15, 0.2) is 0 Å². The molecule has 108 valence electrons. The molecule has 0 aromatic carbocycles. The topological polar surface area (TPSA) is 52.6 Å². The lowest BCUT2D eigenvalue weighted by Gasteiger charge is -2.48. The molecule has 4 heteroatoms. The minimum atomic E-state index is -0.681. The van der Waals surface area contributed by atoms with E-state index in [0.29, 0.717) is 5.92 Å². The molecule has 4 rings (SSSR count). The second kappa shape index (κ2) is 5.41. The van der Waals surface area contributed by atoms with Gasteiger partial charge in [-0.3, -0.25) is 4.79 Å². The number of hydrogen-bond acceptors (Lipinski definition) is 3. The van der Waals surface area contributed by atoms with Gasteiger partial charge in [-0.15, -0.1) is 0 Å². The third-order valence-corrected chi connectivity index (χ3v) is 5.64. The SMILES string of the molecule is CCNC(CC1CC2C3CCN(CC3)C2C1)C(=O)O. The summed E-state index contributed by atoms with van der Waals surface area (Å²) < 4.78 is 0. The standard InChI is InChI=1S/C15H26N2O2/c1-2-16-13(15(18)19)8-10-7-12-11-3-5-17(6-4-11)14(12)9-10/h10-14,16H,2-9H2,1H3,(H,18,19). The smallest absolute Gasteiger partial charge is 0.320 e. The van der Waals surface area contributed by atoms with Crippen LogP contribution in [0.3, 0.4) is 0 Å². The summed E-state index contributed by atoms with van der Waals surface area (Å²) in [5, 5.41) is 12.4. The Hall–Kier alpha value is -0.610. The van der Waals surface area contributed by atoms with Crippen LogP contribution < -0.4 is 5.32 Å². The monoisotopic (exact) mass is 266 g/mol. The summed E-state index contributed by atoms with van der Waals surface area (Å²) in [6.07, 6.45) is 6.07. The number of fused-ring (bicyclic) bond motifs is 2. The highest BCUT2D eigenvalue weighted by molar-refractivity contribution is 5.73. The van der Waals surface area contributed by atoms with Gasteiger partial charge in [-0.05, 0) is 69.5 Å². The van der Waals surface area contributed by atoms with E-state index in [-0.39, 0.29) is 6.04 Å². The van der Waals surface area contributed by atoms with Crippen LogP contribution in [0.25, 0.3) is 0 Å². The van der Waals surface area contributed by atoms with E-state index < -0.39 is 5.97 Å². The molecule has 4 nitrogen and oxygen atoms in total. The fourth-order valence-electron chi connectivity index (χ4n) is 4.80. The van der Waals surface area contributed by atoms with Gasteiger partial charge in [0.15, 0.2) is 0 Å². The van der Waals surface area contributed by atoms with Crippen LogP contribution in [0, 0.1) is 17.8 Å². The van der Waals surface area contributed by atoms with Gasteiger partial charge in [-0.25, -0.2) is 0 Å². The van der Waals surface area contributed by atoms with Crippen LogP contribution in [0.1, 0.15) is 39.0 Å². The maximum atomic E-state index is 11.3.